The number of benzene rings is 1. The summed E-state index contributed by atoms with van der Waals surface area (Å²) >= 11 is 7.35. The van der Waals surface area contributed by atoms with Gasteiger partial charge in [0.15, 0.2) is 5.13 Å². The first-order valence-corrected chi connectivity index (χ1v) is 7.04. The summed E-state index contributed by atoms with van der Waals surface area (Å²) in [5, 5.41) is 3.71. The van der Waals surface area contributed by atoms with Crippen LogP contribution in [0.4, 0.5) is 10.8 Å². The molecule has 1 aromatic carbocycles. The number of rotatable bonds is 3. The van der Waals surface area contributed by atoms with Gasteiger partial charge in [-0.05, 0) is 25.5 Å². The normalized spacial score (nSPS) is 10.5. The predicted molar refractivity (Wildman–Crippen MR) is 80.0 cm³/mol. The van der Waals surface area contributed by atoms with Gasteiger partial charge in [-0.25, -0.2) is 4.98 Å². The summed E-state index contributed by atoms with van der Waals surface area (Å²) in [5.74, 6) is -0.295. The highest BCUT2D eigenvalue weighted by Crippen LogP contribution is 2.26. The van der Waals surface area contributed by atoms with Crippen LogP contribution in [0.15, 0.2) is 18.2 Å². The quantitative estimate of drug-likeness (QED) is 0.852. The number of anilines is 2. The number of hydrogen-bond donors (Lipinski definition) is 2. The minimum absolute atomic E-state index is 0.283. The molecule has 0 spiro atoms. The molecule has 0 atom stereocenters. The lowest BCUT2D eigenvalue weighted by Gasteiger charge is -2.06. The zero-order valence-electron chi connectivity index (χ0n) is 10.7. The second-order valence-electron chi connectivity index (χ2n) is 4.03. The fourth-order valence-corrected chi connectivity index (χ4v) is 2.78. The Bertz CT molecular complexity index is 624. The molecule has 0 unspecified atom stereocenters. The van der Waals surface area contributed by atoms with Gasteiger partial charge in [0.05, 0.1) is 22.0 Å². The third-order valence-corrected chi connectivity index (χ3v) is 4.00. The number of nitrogens with two attached hydrogens (primary N) is 1. The van der Waals surface area contributed by atoms with Crippen molar-refractivity contribution in [1.82, 2.24) is 4.98 Å². The van der Waals surface area contributed by atoms with E-state index in [1.165, 1.54) is 11.3 Å². The van der Waals surface area contributed by atoms with E-state index in [9.17, 15) is 4.79 Å². The topological polar surface area (TPSA) is 68.0 Å². The van der Waals surface area contributed by atoms with E-state index >= 15 is 0 Å². The van der Waals surface area contributed by atoms with Crippen LogP contribution in [0.25, 0.3) is 0 Å². The number of halogens is 1. The van der Waals surface area contributed by atoms with Gasteiger partial charge in [0.2, 0.25) is 0 Å². The second-order valence-corrected chi connectivity index (χ2v) is 5.64. The predicted octanol–water partition coefficient (Wildman–Crippen LogP) is 3.50. The molecule has 0 aliphatic carbocycles. The van der Waals surface area contributed by atoms with Crippen LogP contribution < -0.4 is 11.1 Å². The molecule has 100 valence electrons. The van der Waals surface area contributed by atoms with Gasteiger partial charge >= 0.3 is 0 Å². The molecule has 1 heterocycles. The van der Waals surface area contributed by atoms with Gasteiger partial charge in [0.1, 0.15) is 0 Å². The number of nitrogen functional groups attached to an aromatic ring is 1. The summed E-state index contributed by atoms with van der Waals surface area (Å²) in [6.45, 7) is 4.02. The molecule has 3 N–H and O–H groups in total. The van der Waals surface area contributed by atoms with Crippen LogP contribution in [0.3, 0.4) is 0 Å². The van der Waals surface area contributed by atoms with Gasteiger partial charge < -0.3 is 5.73 Å². The number of carbonyl (C=O) groups excluding carboxylic acids is 1. The first kappa shape index (κ1) is 13.8. The lowest BCUT2D eigenvalue weighted by atomic mass is 10.1. The van der Waals surface area contributed by atoms with Crippen molar-refractivity contribution in [3.05, 3.63) is 39.4 Å². The third kappa shape index (κ3) is 2.88. The molecular formula is C13H14ClN3OS. The van der Waals surface area contributed by atoms with Crippen molar-refractivity contribution in [1.29, 1.82) is 0 Å². The number of nitrogens with zero attached hydrogens (tertiary/aromatic N) is 1. The molecule has 2 rings (SSSR count). The van der Waals surface area contributed by atoms with Gasteiger partial charge in [-0.1, -0.05) is 24.6 Å². The van der Waals surface area contributed by atoms with Crippen LogP contribution in [0, 0.1) is 6.92 Å². The molecule has 0 saturated carbocycles. The Kier molecular flexibility index (Phi) is 4.07. The SMILES string of the molecule is CCc1nc(NC(=O)c2cccc(Cl)c2N)sc1C. The fraction of sp³-hybridized carbons (Fsp3) is 0.231. The molecule has 0 aliphatic heterocycles. The van der Waals surface area contributed by atoms with E-state index in [0.29, 0.717) is 15.7 Å². The van der Waals surface area contributed by atoms with Crippen LogP contribution in [0.1, 0.15) is 27.9 Å². The number of aromatic nitrogens is 1. The summed E-state index contributed by atoms with van der Waals surface area (Å²) in [7, 11) is 0. The Balaban J connectivity index is 2.23. The highest BCUT2D eigenvalue weighted by Gasteiger charge is 2.14. The number of hydrogen-bond acceptors (Lipinski definition) is 4. The highest BCUT2D eigenvalue weighted by atomic mass is 35.5. The van der Waals surface area contributed by atoms with Crippen molar-refractivity contribution in [2.24, 2.45) is 0 Å². The zero-order chi connectivity index (χ0) is 14.0. The lowest BCUT2D eigenvalue weighted by molar-refractivity contribution is 0.102. The summed E-state index contributed by atoms with van der Waals surface area (Å²) in [6, 6.07) is 4.98. The fourth-order valence-electron chi connectivity index (χ4n) is 1.71. The molecule has 4 nitrogen and oxygen atoms in total. The molecule has 1 aromatic heterocycles. The Morgan fingerprint density at radius 1 is 1.53 bits per heavy atom. The van der Waals surface area contributed by atoms with Crippen LogP contribution in [-0.2, 0) is 6.42 Å². The van der Waals surface area contributed by atoms with E-state index in [4.69, 9.17) is 17.3 Å². The largest absolute Gasteiger partial charge is 0.397 e. The van der Waals surface area contributed by atoms with E-state index in [2.05, 4.69) is 10.3 Å². The molecule has 0 saturated heterocycles. The molecule has 6 heteroatoms. The number of carbonyl (C=O) groups is 1. The first-order valence-electron chi connectivity index (χ1n) is 5.84. The molecule has 0 bridgehead atoms. The first-order chi connectivity index (χ1) is 9.02. The van der Waals surface area contributed by atoms with Crippen LogP contribution in [0.2, 0.25) is 5.02 Å². The van der Waals surface area contributed by atoms with Crippen molar-refractivity contribution < 1.29 is 4.79 Å². The maximum Gasteiger partial charge on any atom is 0.259 e. The average Bonchev–Trinajstić information content (AvgIpc) is 2.72. The van der Waals surface area contributed by atoms with Crippen molar-refractivity contribution in [2.45, 2.75) is 20.3 Å². The van der Waals surface area contributed by atoms with Crippen LogP contribution in [-0.4, -0.2) is 10.9 Å². The van der Waals surface area contributed by atoms with Crippen molar-refractivity contribution in [3.8, 4) is 0 Å². The van der Waals surface area contributed by atoms with Gasteiger partial charge in [-0.15, -0.1) is 11.3 Å². The highest BCUT2D eigenvalue weighted by molar-refractivity contribution is 7.15. The van der Waals surface area contributed by atoms with E-state index in [0.717, 1.165) is 17.0 Å². The van der Waals surface area contributed by atoms with E-state index in [1.54, 1.807) is 18.2 Å². The smallest absolute Gasteiger partial charge is 0.259 e. The van der Waals surface area contributed by atoms with E-state index < -0.39 is 0 Å². The second kappa shape index (κ2) is 5.59. The van der Waals surface area contributed by atoms with E-state index in [1.807, 2.05) is 13.8 Å². The Labute approximate surface area is 120 Å². The van der Waals surface area contributed by atoms with E-state index in [-0.39, 0.29) is 11.6 Å². The lowest BCUT2D eigenvalue weighted by Crippen LogP contribution is -2.14. The summed E-state index contributed by atoms with van der Waals surface area (Å²) < 4.78 is 0. The summed E-state index contributed by atoms with van der Waals surface area (Å²) in [6.07, 6.45) is 0.845. The van der Waals surface area contributed by atoms with Gasteiger partial charge in [-0.2, -0.15) is 0 Å². The number of aryl methyl sites for hydroxylation is 2. The molecule has 0 radical (unpaired) electrons. The van der Waals surface area contributed by atoms with Crippen molar-refractivity contribution in [3.63, 3.8) is 0 Å². The molecule has 1 amide bonds. The average molecular weight is 296 g/mol. The molecule has 2 aromatic rings. The molecular weight excluding hydrogens is 282 g/mol. The molecule has 19 heavy (non-hydrogen) atoms. The Morgan fingerprint density at radius 3 is 2.89 bits per heavy atom. The monoisotopic (exact) mass is 295 g/mol. The van der Waals surface area contributed by atoms with Gasteiger partial charge in [-0.3, -0.25) is 10.1 Å². The number of nitrogens with one attached hydrogen (secondary N) is 1. The van der Waals surface area contributed by atoms with Crippen LogP contribution in [0.5, 0.6) is 0 Å². The summed E-state index contributed by atoms with van der Waals surface area (Å²) in [5.41, 5.74) is 7.43. The molecule has 0 aliphatic rings. The van der Waals surface area contributed by atoms with Crippen molar-refractivity contribution >= 4 is 39.7 Å². The number of amides is 1. The maximum atomic E-state index is 12.1. The third-order valence-electron chi connectivity index (χ3n) is 2.75. The zero-order valence-corrected chi connectivity index (χ0v) is 12.2. The minimum atomic E-state index is -0.295. The van der Waals surface area contributed by atoms with Gasteiger partial charge in [0, 0.05) is 4.88 Å². The maximum absolute atomic E-state index is 12.1. The number of thiazole rings is 1. The number of para-hydroxylation sites is 1. The minimum Gasteiger partial charge on any atom is -0.397 e. The Hall–Kier alpha value is -1.59. The standard InChI is InChI=1S/C13H14ClN3OS/c1-3-10-7(2)19-13(16-10)17-12(18)8-5-4-6-9(14)11(8)15/h4-6H,3,15H2,1-2H3,(H,16,17,18). The Morgan fingerprint density at radius 2 is 2.26 bits per heavy atom. The molecule has 0 fully saturated rings. The van der Waals surface area contributed by atoms with Crippen LogP contribution >= 0.6 is 22.9 Å². The summed E-state index contributed by atoms with van der Waals surface area (Å²) in [4.78, 5) is 17.6. The van der Waals surface area contributed by atoms with Crippen molar-refractivity contribution in [2.75, 3.05) is 11.1 Å². The van der Waals surface area contributed by atoms with Gasteiger partial charge in [0.25, 0.3) is 5.91 Å².